The lowest BCUT2D eigenvalue weighted by Crippen LogP contribution is -2.42. The Bertz CT molecular complexity index is 738. The molecule has 0 aromatic heterocycles. The van der Waals surface area contributed by atoms with E-state index >= 15 is 0 Å². The number of rotatable bonds is 2. The molecule has 0 nitrogen and oxygen atoms in total. The van der Waals surface area contributed by atoms with Gasteiger partial charge in [-0.25, -0.2) is 0 Å². The second-order valence-corrected chi connectivity index (χ2v) is 8.62. The number of fused-ring (bicyclic) bond motifs is 5. The van der Waals surface area contributed by atoms with E-state index in [0.29, 0.717) is 5.41 Å². The average molecular weight is 319 g/mol. The fourth-order valence-corrected chi connectivity index (χ4v) is 5.92. The van der Waals surface area contributed by atoms with Crippen molar-refractivity contribution < 1.29 is 0 Å². The summed E-state index contributed by atoms with van der Waals surface area (Å²) in [5.41, 5.74) is 7.77. The number of hydrogen-bond acceptors (Lipinski definition) is 0. The van der Waals surface area contributed by atoms with Crippen LogP contribution >= 0.6 is 0 Å². The minimum absolute atomic E-state index is 0.135. The number of allylic oxidation sites excluding steroid dienone is 10. The van der Waals surface area contributed by atoms with Gasteiger partial charge < -0.3 is 0 Å². The summed E-state index contributed by atoms with van der Waals surface area (Å²) in [7, 11) is 0. The van der Waals surface area contributed by atoms with Crippen LogP contribution in [-0.2, 0) is 0 Å². The van der Waals surface area contributed by atoms with E-state index in [1.165, 1.54) is 31.3 Å². The summed E-state index contributed by atoms with van der Waals surface area (Å²) in [6.45, 7) is 15.7. The molecule has 0 saturated heterocycles. The Morgan fingerprint density at radius 2 is 2.08 bits per heavy atom. The summed E-state index contributed by atoms with van der Waals surface area (Å²) in [4.78, 5) is 0. The van der Waals surface area contributed by atoms with Crippen molar-refractivity contribution in [3.05, 3.63) is 71.4 Å². The molecule has 0 radical (unpaired) electrons. The quantitative estimate of drug-likeness (QED) is 0.497. The Kier molecular flexibility index (Phi) is 3.46. The van der Waals surface area contributed by atoms with E-state index in [9.17, 15) is 0 Å². The Balaban J connectivity index is 1.74. The first-order valence-corrected chi connectivity index (χ1v) is 9.58. The molecule has 1 fully saturated rings. The summed E-state index contributed by atoms with van der Waals surface area (Å²) >= 11 is 0. The lowest BCUT2D eigenvalue weighted by atomic mass is 9.52. The molecule has 0 bridgehead atoms. The van der Waals surface area contributed by atoms with Gasteiger partial charge in [0, 0.05) is 5.41 Å². The van der Waals surface area contributed by atoms with Crippen molar-refractivity contribution in [2.75, 3.05) is 0 Å². The van der Waals surface area contributed by atoms with Gasteiger partial charge in [0.15, 0.2) is 0 Å². The van der Waals surface area contributed by atoms with Crippen molar-refractivity contribution in [1.82, 2.24) is 0 Å². The highest BCUT2D eigenvalue weighted by atomic mass is 14.6. The third-order valence-electron chi connectivity index (χ3n) is 7.43. The molecule has 0 spiro atoms. The monoisotopic (exact) mass is 318 g/mol. The standard InChI is InChI=1S/C24H30/c1-6-17(3)20-9-10-21-19-8-7-18-15-16(2)11-13-23(18,4)22(19)12-14-24(20,21)5/h9,11-13,15,19,21H,2-3,6-8,10,14H2,1,4-5H3/t19?,21?,23?,24-/m1/s1. The van der Waals surface area contributed by atoms with Gasteiger partial charge in [-0.15, -0.1) is 0 Å². The lowest BCUT2D eigenvalue weighted by molar-refractivity contribution is 0.152. The maximum atomic E-state index is 4.36. The van der Waals surface area contributed by atoms with E-state index in [-0.39, 0.29) is 5.41 Å². The second kappa shape index (κ2) is 5.22. The van der Waals surface area contributed by atoms with Crippen LogP contribution in [0, 0.1) is 22.7 Å². The smallest absolute Gasteiger partial charge is 0.0281 e. The normalized spacial score (nSPS) is 40.1. The number of hydrogen-bond donors (Lipinski definition) is 0. The van der Waals surface area contributed by atoms with E-state index in [1.54, 1.807) is 16.7 Å². The van der Waals surface area contributed by atoms with Gasteiger partial charge in [-0.3, -0.25) is 0 Å². The van der Waals surface area contributed by atoms with Gasteiger partial charge in [-0.2, -0.15) is 0 Å². The van der Waals surface area contributed by atoms with Crippen molar-refractivity contribution >= 4 is 0 Å². The van der Waals surface area contributed by atoms with E-state index in [1.807, 2.05) is 0 Å². The molecule has 0 N–H and O–H groups in total. The van der Waals surface area contributed by atoms with Gasteiger partial charge in [0.1, 0.15) is 0 Å². The molecule has 1 saturated carbocycles. The van der Waals surface area contributed by atoms with Crippen molar-refractivity contribution in [2.24, 2.45) is 22.7 Å². The molecular formula is C24H30. The van der Waals surface area contributed by atoms with Gasteiger partial charge in [-0.05, 0) is 67.4 Å². The summed E-state index contributed by atoms with van der Waals surface area (Å²) in [5, 5.41) is 0. The maximum absolute atomic E-state index is 4.36. The van der Waals surface area contributed by atoms with Gasteiger partial charge in [0.05, 0.1) is 0 Å². The molecule has 0 aromatic rings. The lowest BCUT2D eigenvalue weighted by Gasteiger charge is -2.52. The highest BCUT2D eigenvalue weighted by Crippen LogP contribution is 2.63. The van der Waals surface area contributed by atoms with Crippen molar-refractivity contribution in [2.45, 2.75) is 52.9 Å². The van der Waals surface area contributed by atoms with E-state index in [2.05, 4.69) is 64.3 Å². The van der Waals surface area contributed by atoms with Crippen LogP contribution < -0.4 is 0 Å². The molecule has 0 aromatic carbocycles. The summed E-state index contributed by atoms with van der Waals surface area (Å²) < 4.78 is 0. The van der Waals surface area contributed by atoms with E-state index in [0.717, 1.165) is 23.8 Å². The first-order chi connectivity index (χ1) is 11.4. The molecule has 4 atom stereocenters. The molecule has 4 aliphatic carbocycles. The Morgan fingerprint density at radius 1 is 1.29 bits per heavy atom. The Hall–Kier alpha value is -1.56. The third kappa shape index (κ3) is 1.98. The fraction of sp³-hybridized carbons (Fsp3) is 0.500. The average Bonchev–Trinajstić information content (AvgIpc) is 2.92. The second-order valence-electron chi connectivity index (χ2n) is 8.62. The van der Waals surface area contributed by atoms with Gasteiger partial charge in [0.2, 0.25) is 0 Å². The zero-order valence-electron chi connectivity index (χ0n) is 15.5. The SMILES string of the molecule is C=C1C=CC2(C)C(=C1)CCC1C2=CC[C@]2(C)C(C(=C)CC)=CCC12. The molecule has 3 unspecified atom stereocenters. The van der Waals surface area contributed by atoms with Crippen LogP contribution in [0.3, 0.4) is 0 Å². The van der Waals surface area contributed by atoms with E-state index in [4.69, 9.17) is 0 Å². The summed E-state index contributed by atoms with van der Waals surface area (Å²) in [6, 6.07) is 0. The van der Waals surface area contributed by atoms with Crippen molar-refractivity contribution in [3.8, 4) is 0 Å². The van der Waals surface area contributed by atoms with Gasteiger partial charge in [-0.1, -0.05) is 74.1 Å². The molecule has 24 heavy (non-hydrogen) atoms. The predicted molar refractivity (Wildman–Crippen MR) is 104 cm³/mol. The molecule has 4 rings (SSSR count). The van der Waals surface area contributed by atoms with Crippen LogP contribution in [0.4, 0.5) is 0 Å². The van der Waals surface area contributed by atoms with Gasteiger partial charge in [0.25, 0.3) is 0 Å². The van der Waals surface area contributed by atoms with Crippen LogP contribution in [0.5, 0.6) is 0 Å². The largest absolute Gasteiger partial charge is 0.0956 e. The van der Waals surface area contributed by atoms with Crippen LogP contribution in [0.15, 0.2) is 71.4 Å². The Morgan fingerprint density at radius 3 is 2.83 bits per heavy atom. The summed E-state index contributed by atoms with van der Waals surface area (Å²) in [6.07, 6.45) is 18.1. The first-order valence-electron chi connectivity index (χ1n) is 9.58. The molecule has 4 aliphatic rings. The highest BCUT2D eigenvalue weighted by Gasteiger charge is 2.52. The zero-order chi connectivity index (χ0) is 17.1. The first kappa shape index (κ1) is 15.9. The molecular weight excluding hydrogens is 288 g/mol. The molecule has 0 heteroatoms. The molecule has 0 heterocycles. The van der Waals surface area contributed by atoms with Crippen molar-refractivity contribution in [3.63, 3.8) is 0 Å². The molecule has 0 amide bonds. The third-order valence-corrected chi connectivity index (χ3v) is 7.43. The zero-order valence-corrected chi connectivity index (χ0v) is 15.5. The Labute approximate surface area is 147 Å². The fourth-order valence-electron chi connectivity index (χ4n) is 5.92. The van der Waals surface area contributed by atoms with Crippen LogP contribution in [0.1, 0.15) is 52.9 Å². The van der Waals surface area contributed by atoms with Crippen LogP contribution in [-0.4, -0.2) is 0 Å². The predicted octanol–water partition coefficient (Wildman–Crippen LogP) is 6.70. The van der Waals surface area contributed by atoms with Crippen LogP contribution in [0.25, 0.3) is 0 Å². The van der Waals surface area contributed by atoms with Crippen LogP contribution in [0.2, 0.25) is 0 Å². The van der Waals surface area contributed by atoms with Gasteiger partial charge >= 0.3 is 0 Å². The minimum atomic E-state index is 0.135. The van der Waals surface area contributed by atoms with Crippen molar-refractivity contribution in [1.29, 1.82) is 0 Å². The maximum Gasteiger partial charge on any atom is 0.0281 e. The minimum Gasteiger partial charge on any atom is -0.0956 e. The highest BCUT2D eigenvalue weighted by molar-refractivity contribution is 5.52. The topological polar surface area (TPSA) is 0 Å². The summed E-state index contributed by atoms with van der Waals surface area (Å²) in [5.74, 6) is 1.48. The molecule has 126 valence electrons. The molecule has 0 aliphatic heterocycles. The van der Waals surface area contributed by atoms with E-state index < -0.39 is 0 Å².